The minimum Gasteiger partial charge on any atom is -0.454 e. The van der Waals surface area contributed by atoms with Crippen molar-refractivity contribution in [2.75, 3.05) is 0 Å². The maximum atomic E-state index is 6.49. The third-order valence-corrected chi connectivity index (χ3v) is 10.7. The van der Waals surface area contributed by atoms with E-state index in [4.69, 9.17) is 18.8 Å². The zero-order valence-corrected chi connectivity index (χ0v) is 29.9. The summed E-state index contributed by atoms with van der Waals surface area (Å²) >= 11 is 0. The topological polar surface area (TPSA) is 77.8 Å². The van der Waals surface area contributed by atoms with Gasteiger partial charge in [0.25, 0.3) is 0 Å². The molecule has 11 aromatic rings. The molecule has 0 unspecified atom stereocenters. The van der Waals surface area contributed by atoms with Crippen molar-refractivity contribution in [1.82, 2.24) is 19.9 Å². The normalized spacial score (nSPS) is 11.6. The van der Waals surface area contributed by atoms with Gasteiger partial charge >= 0.3 is 0 Å². The van der Waals surface area contributed by atoms with Crippen molar-refractivity contribution in [3.05, 3.63) is 183 Å². The average molecular weight is 719 g/mol. The molecule has 0 N–H and O–H groups in total. The molecule has 0 radical (unpaired) electrons. The SMILES string of the molecule is c1cc(-c2ccc(-c3ccc4oc5c(-c6ccc(-c7ccnc8c7oc7ccc(-c9ccc(-c%10ccncc%10)cc9)cc78)cc6)ccnc5c4c3)cc2)ccn1. The molecule has 0 spiro atoms. The van der Waals surface area contributed by atoms with Gasteiger partial charge in [0.2, 0.25) is 0 Å². The van der Waals surface area contributed by atoms with E-state index in [0.717, 1.165) is 111 Å². The van der Waals surface area contributed by atoms with Gasteiger partial charge in [0.15, 0.2) is 11.2 Å². The lowest BCUT2D eigenvalue weighted by Crippen LogP contribution is -1.84. The largest absolute Gasteiger partial charge is 0.454 e. The minimum atomic E-state index is 0.770. The standard InChI is InChI=1S/C50H30N4O2/c1-5-33(6-2-31(1)35-17-23-51-24-18-35)39-13-15-45-43(29-39)47-49(55-45)41(21-27-53-47)37-9-11-38(12-10-37)42-22-28-54-48-44-30-40(14-16-46(44)56-50(42)48)34-7-3-32(4-8-34)36-19-25-52-26-20-36/h1-30H. The summed E-state index contributed by atoms with van der Waals surface area (Å²) < 4.78 is 13.0. The molecule has 11 rings (SSSR count). The van der Waals surface area contributed by atoms with Crippen molar-refractivity contribution in [1.29, 1.82) is 0 Å². The van der Waals surface area contributed by atoms with Crippen molar-refractivity contribution in [3.63, 3.8) is 0 Å². The van der Waals surface area contributed by atoms with E-state index >= 15 is 0 Å². The summed E-state index contributed by atoms with van der Waals surface area (Å²) in [4.78, 5) is 17.8. The Labute approximate surface area is 321 Å². The Morgan fingerprint density at radius 1 is 0.286 bits per heavy atom. The van der Waals surface area contributed by atoms with Crippen LogP contribution in [0.2, 0.25) is 0 Å². The molecule has 0 saturated carbocycles. The van der Waals surface area contributed by atoms with Crippen LogP contribution in [0.4, 0.5) is 0 Å². The number of fused-ring (bicyclic) bond motifs is 6. The van der Waals surface area contributed by atoms with Crippen LogP contribution in [0.15, 0.2) is 192 Å². The summed E-state index contributed by atoms with van der Waals surface area (Å²) in [6.45, 7) is 0. The predicted molar refractivity (Wildman–Crippen MR) is 225 cm³/mol. The quantitative estimate of drug-likeness (QED) is 0.170. The Morgan fingerprint density at radius 2 is 0.607 bits per heavy atom. The number of benzene rings is 5. The zero-order chi connectivity index (χ0) is 37.0. The maximum absolute atomic E-state index is 6.49. The first-order valence-electron chi connectivity index (χ1n) is 18.5. The molecule has 0 amide bonds. The van der Waals surface area contributed by atoms with E-state index < -0.39 is 0 Å². The number of furan rings is 2. The number of nitrogens with zero attached hydrogens (tertiary/aromatic N) is 4. The Kier molecular flexibility index (Phi) is 7.38. The number of hydrogen-bond donors (Lipinski definition) is 0. The molecule has 6 aromatic heterocycles. The molecule has 6 nitrogen and oxygen atoms in total. The van der Waals surface area contributed by atoms with E-state index in [1.807, 2.05) is 85.7 Å². The van der Waals surface area contributed by atoms with E-state index in [1.165, 1.54) is 0 Å². The fraction of sp³-hybridized carbons (Fsp3) is 0. The van der Waals surface area contributed by atoms with Gasteiger partial charge in [-0.2, -0.15) is 0 Å². The van der Waals surface area contributed by atoms with Crippen molar-refractivity contribution in [3.8, 4) is 66.8 Å². The number of pyridine rings is 4. The molecule has 0 saturated heterocycles. The van der Waals surface area contributed by atoms with Crippen LogP contribution in [-0.2, 0) is 0 Å². The van der Waals surface area contributed by atoms with E-state index in [2.05, 4.69) is 107 Å². The van der Waals surface area contributed by atoms with Gasteiger partial charge in [0.05, 0.1) is 0 Å². The lowest BCUT2D eigenvalue weighted by Gasteiger charge is -2.06. The smallest absolute Gasteiger partial charge is 0.161 e. The fourth-order valence-corrected chi connectivity index (χ4v) is 7.76. The number of hydrogen-bond acceptors (Lipinski definition) is 6. The van der Waals surface area contributed by atoms with E-state index in [0.29, 0.717) is 0 Å². The van der Waals surface area contributed by atoms with Crippen LogP contribution >= 0.6 is 0 Å². The Hall–Kier alpha value is -7.70. The minimum absolute atomic E-state index is 0.770. The van der Waals surface area contributed by atoms with Crippen LogP contribution in [-0.4, -0.2) is 19.9 Å². The summed E-state index contributed by atoms with van der Waals surface area (Å²) in [7, 11) is 0. The van der Waals surface area contributed by atoms with Crippen molar-refractivity contribution < 1.29 is 8.83 Å². The maximum Gasteiger partial charge on any atom is 0.161 e. The Balaban J connectivity index is 0.902. The molecular weight excluding hydrogens is 689 g/mol. The molecule has 262 valence electrons. The van der Waals surface area contributed by atoms with Gasteiger partial charge in [-0.05, 0) is 116 Å². The van der Waals surface area contributed by atoms with Gasteiger partial charge < -0.3 is 8.83 Å². The van der Waals surface area contributed by atoms with Crippen LogP contribution < -0.4 is 0 Å². The molecular formula is C50H30N4O2. The highest BCUT2D eigenvalue weighted by molar-refractivity contribution is 6.10. The summed E-state index contributed by atoms with van der Waals surface area (Å²) in [5.74, 6) is 0. The van der Waals surface area contributed by atoms with Crippen LogP contribution in [0, 0.1) is 0 Å². The highest BCUT2D eigenvalue weighted by Gasteiger charge is 2.17. The first kappa shape index (κ1) is 31.8. The summed E-state index contributed by atoms with van der Waals surface area (Å²) in [6, 6.07) is 50.5. The summed E-state index contributed by atoms with van der Waals surface area (Å²) in [5.41, 5.74) is 18.0. The fourth-order valence-electron chi connectivity index (χ4n) is 7.76. The van der Waals surface area contributed by atoms with Gasteiger partial charge in [-0.1, -0.05) is 84.9 Å². The number of rotatable bonds is 6. The predicted octanol–water partition coefficient (Wildman–Crippen LogP) is 13.1. The average Bonchev–Trinajstić information content (AvgIpc) is 3.85. The molecule has 0 aliphatic rings. The molecule has 0 fully saturated rings. The van der Waals surface area contributed by atoms with Gasteiger partial charge in [-0.15, -0.1) is 0 Å². The second-order valence-corrected chi connectivity index (χ2v) is 13.9. The highest BCUT2D eigenvalue weighted by Crippen LogP contribution is 2.40. The highest BCUT2D eigenvalue weighted by atomic mass is 16.3. The molecule has 0 bridgehead atoms. The first-order valence-corrected chi connectivity index (χ1v) is 18.5. The molecule has 6 heterocycles. The molecule has 0 atom stereocenters. The molecule has 6 heteroatoms. The van der Waals surface area contributed by atoms with Crippen LogP contribution in [0.5, 0.6) is 0 Å². The van der Waals surface area contributed by atoms with Crippen LogP contribution in [0.1, 0.15) is 0 Å². The van der Waals surface area contributed by atoms with Crippen molar-refractivity contribution in [2.45, 2.75) is 0 Å². The van der Waals surface area contributed by atoms with Gasteiger partial charge in [-0.25, -0.2) is 0 Å². The van der Waals surface area contributed by atoms with E-state index in [9.17, 15) is 0 Å². The monoisotopic (exact) mass is 718 g/mol. The van der Waals surface area contributed by atoms with Crippen molar-refractivity contribution >= 4 is 44.1 Å². The number of aromatic nitrogens is 4. The molecule has 0 aliphatic carbocycles. The van der Waals surface area contributed by atoms with E-state index in [-0.39, 0.29) is 0 Å². The Morgan fingerprint density at radius 3 is 1.00 bits per heavy atom. The van der Waals surface area contributed by atoms with Crippen LogP contribution in [0.3, 0.4) is 0 Å². The summed E-state index contributed by atoms with van der Waals surface area (Å²) in [5, 5.41) is 1.98. The lowest BCUT2D eigenvalue weighted by molar-refractivity contribution is 0.669. The van der Waals surface area contributed by atoms with Crippen LogP contribution in [0.25, 0.3) is 111 Å². The van der Waals surface area contributed by atoms with Gasteiger partial charge in [0.1, 0.15) is 22.2 Å². The van der Waals surface area contributed by atoms with E-state index in [1.54, 1.807) is 0 Å². The Bertz CT molecular complexity index is 2990. The summed E-state index contributed by atoms with van der Waals surface area (Å²) in [6.07, 6.45) is 11.0. The third kappa shape index (κ3) is 5.43. The second-order valence-electron chi connectivity index (χ2n) is 13.9. The van der Waals surface area contributed by atoms with Crippen molar-refractivity contribution in [2.24, 2.45) is 0 Å². The second kappa shape index (κ2) is 13.0. The first-order chi connectivity index (χ1) is 27.7. The molecule has 56 heavy (non-hydrogen) atoms. The lowest BCUT2D eigenvalue weighted by atomic mass is 9.98. The third-order valence-electron chi connectivity index (χ3n) is 10.7. The zero-order valence-electron chi connectivity index (χ0n) is 29.9. The van der Waals surface area contributed by atoms with Gasteiger partial charge in [0, 0.05) is 59.1 Å². The molecule has 5 aromatic carbocycles. The van der Waals surface area contributed by atoms with Gasteiger partial charge in [-0.3, -0.25) is 19.9 Å². The molecule has 0 aliphatic heterocycles.